The number of hydrogen-bond acceptors (Lipinski definition) is 5. The molecule has 1 amide bonds. The third-order valence-corrected chi connectivity index (χ3v) is 4.22. The second kappa shape index (κ2) is 6.29. The molecule has 2 aliphatic rings. The number of benzene rings is 1. The molecule has 6 nitrogen and oxygen atoms in total. The molecule has 23 heavy (non-hydrogen) atoms. The number of para-hydroxylation sites is 2. The van der Waals surface area contributed by atoms with Crippen LogP contribution in [-0.2, 0) is 14.3 Å². The van der Waals surface area contributed by atoms with E-state index >= 15 is 0 Å². The van der Waals surface area contributed by atoms with E-state index in [2.05, 4.69) is 4.98 Å². The van der Waals surface area contributed by atoms with Crippen LogP contribution in [0.4, 0.5) is 6.01 Å². The van der Waals surface area contributed by atoms with Crippen LogP contribution >= 0.6 is 0 Å². The van der Waals surface area contributed by atoms with Gasteiger partial charge in [-0.3, -0.25) is 9.69 Å². The van der Waals surface area contributed by atoms with Crippen molar-refractivity contribution in [3.8, 4) is 0 Å². The number of fused-ring (bicyclic) bond motifs is 1. The Morgan fingerprint density at radius 3 is 2.91 bits per heavy atom. The molecule has 0 spiro atoms. The molecule has 0 N–H and O–H groups in total. The fourth-order valence-corrected chi connectivity index (χ4v) is 2.89. The van der Waals surface area contributed by atoms with Crippen molar-refractivity contribution < 1.29 is 18.7 Å². The van der Waals surface area contributed by atoms with Crippen molar-refractivity contribution in [3.05, 3.63) is 24.3 Å². The minimum absolute atomic E-state index is 0.0368. The molecule has 6 heteroatoms. The van der Waals surface area contributed by atoms with Crippen LogP contribution in [0.5, 0.6) is 0 Å². The zero-order chi connectivity index (χ0) is 15.6. The Labute approximate surface area is 134 Å². The third kappa shape index (κ3) is 3.23. The first-order chi connectivity index (χ1) is 11.3. The largest absolute Gasteiger partial charge is 0.423 e. The van der Waals surface area contributed by atoms with Crippen LogP contribution in [0, 0.1) is 0 Å². The molecule has 2 aromatic rings. The summed E-state index contributed by atoms with van der Waals surface area (Å²) in [6.45, 7) is 1.30. The topological polar surface area (TPSA) is 64.8 Å². The number of ether oxygens (including phenoxy) is 2. The molecule has 1 atom stereocenters. The maximum Gasteiger partial charge on any atom is 0.305 e. The summed E-state index contributed by atoms with van der Waals surface area (Å²) >= 11 is 0. The maximum absolute atomic E-state index is 12.5. The molecule has 0 radical (unpaired) electrons. The normalized spacial score (nSPS) is 21.0. The number of amides is 1. The highest BCUT2D eigenvalue weighted by molar-refractivity contribution is 5.94. The second-order valence-electron chi connectivity index (χ2n) is 6.11. The minimum atomic E-state index is -0.1000. The lowest BCUT2D eigenvalue weighted by molar-refractivity contribution is -0.124. The van der Waals surface area contributed by atoms with Gasteiger partial charge >= 0.3 is 6.01 Å². The lowest BCUT2D eigenvalue weighted by Gasteiger charge is -2.18. The van der Waals surface area contributed by atoms with Crippen molar-refractivity contribution in [1.82, 2.24) is 4.98 Å². The van der Waals surface area contributed by atoms with E-state index in [0.717, 1.165) is 37.8 Å². The first-order valence-corrected chi connectivity index (χ1v) is 8.18. The summed E-state index contributed by atoms with van der Waals surface area (Å²) in [5.41, 5.74) is 1.46. The number of carbonyl (C=O) groups is 1. The highest BCUT2D eigenvalue weighted by Gasteiger charge is 2.36. The zero-order valence-corrected chi connectivity index (χ0v) is 12.9. The molecule has 2 fully saturated rings. The smallest absolute Gasteiger partial charge is 0.305 e. The van der Waals surface area contributed by atoms with Gasteiger partial charge in [-0.2, -0.15) is 4.98 Å². The van der Waals surface area contributed by atoms with E-state index in [9.17, 15) is 4.79 Å². The second-order valence-corrected chi connectivity index (χ2v) is 6.11. The average molecular weight is 316 g/mol. The quantitative estimate of drug-likeness (QED) is 0.819. The summed E-state index contributed by atoms with van der Waals surface area (Å²) in [6, 6.07) is 8.09. The van der Waals surface area contributed by atoms with Crippen molar-refractivity contribution >= 4 is 23.0 Å². The minimum Gasteiger partial charge on any atom is -0.423 e. The Morgan fingerprint density at radius 2 is 2.17 bits per heavy atom. The fraction of sp³-hybridized carbons (Fsp3) is 0.529. The molecule has 1 saturated carbocycles. The van der Waals surface area contributed by atoms with Gasteiger partial charge in [0.25, 0.3) is 5.91 Å². The number of oxazole rings is 1. The van der Waals surface area contributed by atoms with Gasteiger partial charge in [-0.25, -0.2) is 0 Å². The van der Waals surface area contributed by atoms with Gasteiger partial charge in [-0.05, 0) is 37.8 Å². The highest BCUT2D eigenvalue weighted by atomic mass is 16.5. The van der Waals surface area contributed by atoms with Crippen LogP contribution in [0.2, 0.25) is 0 Å². The molecule has 1 aliphatic heterocycles. The Kier molecular flexibility index (Phi) is 4.01. The van der Waals surface area contributed by atoms with E-state index in [1.165, 1.54) is 0 Å². The number of carbonyl (C=O) groups excluding carboxylic acids is 1. The number of anilines is 1. The Bertz CT molecular complexity index is 656. The molecule has 1 aromatic carbocycles. The SMILES string of the molecule is O=C(COCC1CCCO1)N(c1nc2ccccc2o1)C1CC1. The molecule has 4 rings (SSSR count). The number of aromatic nitrogens is 1. The molecule has 1 aromatic heterocycles. The summed E-state index contributed by atoms with van der Waals surface area (Å²) in [5.74, 6) is -0.1000. The number of rotatable bonds is 6. The Balaban J connectivity index is 1.43. The van der Waals surface area contributed by atoms with E-state index < -0.39 is 0 Å². The standard InChI is InChI=1S/C17H20N2O4/c20-16(11-21-10-13-4-3-9-22-13)19(12-7-8-12)17-18-14-5-1-2-6-15(14)23-17/h1-2,5-6,12-13H,3-4,7-11H2. The summed E-state index contributed by atoms with van der Waals surface area (Å²) in [5, 5.41) is 0. The maximum atomic E-state index is 12.5. The lowest BCUT2D eigenvalue weighted by Crippen LogP contribution is -2.36. The highest BCUT2D eigenvalue weighted by Crippen LogP contribution is 2.33. The van der Waals surface area contributed by atoms with Gasteiger partial charge in [0, 0.05) is 12.6 Å². The average Bonchev–Trinajstić information content (AvgIpc) is 3.08. The van der Waals surface area contributed by atoms with Crippen LogP contribution in [0.3, 0.4) is 0 Å². The van der Waals surface area contributed by atoms with E-state index in [-0.39, 0.29) is 24.7 Å². The predicted molar refractivity (Wildman–Crippen MR) is 84.3 cm³/mol. The van der Waals surface area contributed by atoms with Gasteiger partial charge in [0.1, 0.15) is 12.1 Å². The van der Waals surface area contributed by atoms with Crippen molar-refractivity contribution in [2.75, 3.05) is 24.7 Å². The fourth-order valence-electron chi connectivity index (χ4n) is 2.89. The zero-order valence-electron chi connectivity index (χ0n) is 12.9. The van der Waals surface area contributed by atoms with Crippen LogP contribution in [0.15, 0.2) is 28.7 Å². The van der Waals surface area contributed by atoms with Crippen LogP contribution in [0.25, 0.3) is 11.1 Å². The number of nitrogens with zero attached hydrogens (tertiary/aromatic N) is 2. The first kappa shape index (κ1) is 14.7. The van der Waals surface area contributed by atoms with Crippen molar-refractivity contribution in [1.29, 1.82) is 0 Å². The summed E-state index contributed by atoms with van der Waals surface area (Å²) in [7, 11) is 0. The first-order valence-electron chi connectivity index (χ1n) is 8.18. The van der Waals surface area contributed by atoms with Gasteiger partial charge in [-0.1, -0.05) is 12.1 Å². The molecule has 2 heterocycles. The Morgan fingerprint density at radius 1 is 1.30 bits per heavy atom. The number of hydrogen-bond donors (Lipinski definition) is 0. The van der Waals surface area contributed by atoms with Crippen LogP contribution in [0.1, 0.15) is 25.7 Å². The van der Waals surface area contributed by atoms with E-state index in [1.807, 2.05) is 24.3 Å². The van der Waals surface area contributed by atoms with Crippen molar-refractivity contribution in [2.45, 2.75) is 37.8 Å². The van der Waals surface area contributed by atoms with E-state index in [4.69, 9.17) is 13.9 Å². The van der Waals surface area contributed by atoms with Gasteiger partial charge in [-0.15, -0.1) is 0 Å². The van der Waals surface area contributed by atoms with Crippen molar-refractivity contribution in [3.63, 3.8) is 0 Å². The predicted octanol–water partition coefficient (Wildman–Crippen LogP) is 2.52. The van der Waals surface area contributed by atoms with Crippen molar-refractivity contribution in [2.24, 2.45) is 0 Å². The molecule has 122 valence electrons. The van der Waals surface area contributed by atoms with Gasteiger partial charge in [0.05, 0.1) is 12.7 Å². The monoisotopic (exact) mass is 316 g/mol. The van der Waals surface area contributed by atoms with Crippen LogP contribution < -0.4 is 4.90 Å². The molecule has 0 bridgehead atoms. The molecule has 1 aliphatic carbocycles. The third-order valence-electron chi connectivity index (χ3n) is 4.22. The molecular weight excluding hydrogens is 296 g/mol. The van der Waals surface area contributed by atoms with Crippen LogP contribution in [-0.4, -0.2) is 42.9 Å². The summed E-state index contributed by atoms with van der Waals surface area (Å²) in [6.07, 6.45) is 4.17. The van der Waals surface area contributed by atoms with Gasteiger partial charge in [0.15, 0.2) is 5.58 Å². The lowest BCUT2D eigenvalue weighted by atomic mass is 10.2. The van der Waals surface area contributed by atoms with Gasteiger partial charge < -0.3 is 13.9 Å². The Hall–Kier alpha value is -1.92. The van der Waals surface area contributed by atoms with Gasteiger partial charge in [0.2, 0.25) is 0 Å². The summed E-state index contributed by atoms with van der Waals surface area (Å²) in [4.78, 5) is 18.6. The molecule has 1 saturated heterocycles. The van der Waals surface area contributed by atoms with E-state index in [0.29, 0.717) is 18.2 Å². The summed E-state index contributed by atoms with van der Waals surface area (Å²) < 4.78 is 16.8. The molecule has 1 unspecified atom stereocenters. The molecular formula is C17H20N2O4. The van der Waals surface area contributed by atoms with E-state index in [1.54, 1.807) is 4.90 Å².